The first-order valence-corrected chi connectivity index (χ1v) is 10.2. The van der Waals surface area contributed by atoms with Gasteiger partial charge in [0.2, 0.25) is 0 Å². The number of nitrogens with zero attached hydrogens (tertiary/aromatic N) is 1. The minimum absolute atomic E-state index is 0.770. The quantitative estimate of drug-likeness (QED) is 0.527. The maximum Gasteiger partial charge on any atom is 0.174 e. The molecule has 2 aromatic carbocycles. The Balaban J connectivity index is 1.82. The number of benzene rings is 2. The number of anilines is 1. The highest BCUT2D eigenvalue weighted by Gasteiger charge is 2.14. The Morgan fingerprint density at radius 2 is 1.81 bits per heavy atom. The summed E-state index contributed by atoms with van der Waals surface area (Å²) >= 11 is 7.58. The van der Waals surface area contributed by atoms with Crippen LogP contribution < -0.4 is 5.32 Å². The van der Waals surface area contributed by atoms with Gasteiger partial charge in [-0.3, -0.25) is 0 Å². The van der Waals surface area contributed by atoms with Crippen molar-refractivity contribution in [2.75, 3.05) is 5.32 Å². The fraction of sp³-hybridized carbons (Fsp3) is 0.227. The topological polar surface area (TPSA) is 15.3 Å². The zero-order chi connectivity index (χ0) is 18.4. The third-order valence-electron chi connectivity index (χ3n) is 4.40. The fourth-order valence-electron chi connectivity index (χ4n) is 2.98. The van der Waals surface area contributed by atoms with Gasteiger partial charge in [0.1, 0.15) is 0 Å². The van der Waals surface area contributed by atoms with Crippen LogP contribution >= 0.6 is 23.6 Å². The van der Waals surface area contributed by atoms with Crippen molar-refractivity contribution in [3.05, 3.63) is 87.6 Å². The molecule has 0 radical (unpaired) electrons. The normalized spacial score (nSPS) is 10.5. The molecule has 1 N–H and O–H groups in total. The molecule has 1 aromatic heterocycles. The van der Waals surface area contributed by atoms with Gasteiger partial charge in [0.25, 0.3) is 0 Å². The van der Waals surface area contributed by atoms with Crippen molar-refractivity contribution in [1.82, 2.24) is 4.90 Å². The highest BCUT2D eigenvalue weighted by Crippen LogP contribution is 2.23. The Bertz CT molecular complexity index is 842. The van der Waals surface area contributed by atoms with Gasteiger partial charge in [-0.25, -0.2) is 0 Å². The van der Waals surface area contributed by atoms with E-state index >= 15 is 0 Å². The zero-order valence-corrected chi connectivity index (χ0v) is 16.9. The third-order valence-corrected chi connectivity index (χ3v) is 5.62. The lowest BCUT2D eigenvalue weighted by Crippen LogP contribution is -2.34. The van der Waals surface area contributed by atoms with E-state index in [4.69, 9.17) is 12.2 Å². The number of aryl methyl sites for hydroxylation is 2. The van der Waals surface area contributed by atoms with Crippen molar-refractivity contribution in [3.63, 3.8) is 0 Å². The number of nitrogens with one attached hydrogen (secondary N) is 1. The van der Waals surface area contributed by atoms with Crippen molar-refractivity contribution >= 4 is 34.4 Å². The van der Waals surface area contributed by atoms with Crippen LogP contribution in [0, 0.1) is 6.92 Å². The predicted octanol–water partition coefficient (Wildman–Crippen LogP) is 6.02. The van der Waals surface area contributed by atoms with E-state index in [2.05, 4.69) is 84.0 Å². The van der Waals surface area contributed by atoms with Crippen LogP contribution in [0.15, 0.2) is 66.0 Å². The summed E-state index contributed by atoms with van der Waals surface area (Å²) < 4.78 is 0. The second kappa shape index (κ2) is 8.97. The number of rotatable bonds is 6. The standard InChI is InChI=1S/C22H24N2S2/c1-3-19-12-7-9-17(2)21(19)23-22(25)24(16-20-13-8-14-26-20)15-18-10-5-4-6-11-18/h4-14H,3,15-16H2,1-2H3,(H,23,25). The van der Waals surface area contributed by atoms with Crippen molar-refractivity contribution in [2.24, 2.45) is 0 Å². The van der Waals surface area contributed by atoms with Crippen molar-refractivity contribution in [3.8, 4) is 0 Å². The second-order valence-electron chi connectivity index (χ2n) is 6.31. The molecule has 0 saturated heterocycles. The Morgan fingerprint density at radius 1 is 1.00 bits per heavy atom. The summed E-state index contributed by atoms with van der Waals surface area (Å²) in [6.07, 6.45) is 0.982. The molecule has 0 aliphatic rings. The highest BCUT2D eigenvalue weighted by atomic mass is 32.1. The van der Waals surface area contributed by atoms with Crippen molar-refractivity contribution < 1.29 is 0 Å². The van der Waals surface area contributed by atoms with E-state index < -0.39 is 0 Å². The van der Waals surface area contributed by atoms with E-state index in [9.17, 15) is 0 Å². The summed E-state index contributed by atoms with van der Waals surface area (Å²) in [5, 5.41) is 6.41. The number of hydrogen-bond acceptors (Lipinski definition) is 2. The summed E-state index contributed by atoms with van der Waals surface area (Å²) in [7, 11) is 0. The molecule has 0 saturated carbocycles. The second-order valence-corrected chi connectivity index (χ2v) is 7.73. The Labute approximate surface area is 165 Å². The highest BCUT2D eigenvalue weighted by molar-refractivity contribution is 7.80. The molecule has 0 atom stereocenters. The largest absolute Gasteiger partial charge is 0.340 e. The minimum atomic E-state index is 0.770. The lowest BCUT2D eigenvalue weighted by atomic mass is 10.1. The number of para-hydroxylation sites is 1. The monoisotopic (exact) mass is 380 g/mol. The molecule has 0 amide bonds. The molecule has 4 heteroatoms. The summed E-state index contributed by atoms with van der Waals surface area (Å²) in [6.45, 7) is 5.91. The minimum Gasteiger partial charge on any atom is -0.340 e. The Hall–Kier alpha value is -2.17. The van der Waals surface area contributed by atoms with Crippen molar-refractivity contribution in [2.45, 2.75) is 33.4 Å². The van der Waals surface area contributed by atoms with E-state index in [1.54, 1.807) is 11.3 Å². The lowest BCUT2D eigenvalue weighted by Gasteiger charge is -2.27. The van der Waals surface area contributed by atoms with E-state index in [1.165, 1.54) is 21.6 Å². The summed E-state index contributed by atoms with van der Waals surface area (Å²) in [4.78, 5) is 3.55. The average molecular weight is 381 g/mol. The molecule has 3 rings (SSSR count). The smallest absolute Gasteiger partial charge is 0.174 e. The molecule has 0 fully saturated rings. The van der Waals surface area contributed by atoms with Gasteiger partial charge in [0, 0.05) is 17.1 Å². The van der Waals surface area contributed by atoms with Crippen LogP contribution in [0.4, 0.5) is 5.69 Å². The first kappa shape index (κ1) is 18.6. The molecule has 3 aromatic rings. The molecule has 0 bridgehead atoms. The molecule has 134 valence electrons. The molecule has 0 aliphatic heterocycles. The maximum absolute atomic E-state index is 5.82. The molecule has 0 unspecified atom stereocenters. The summed E-state index contributed by atoms with van der Waals surface area (Å²) in [6, 6.07) is 21.1. The number of thiocarbonyl (C=S) groups is 1. The molecule has 1 heterocycles. The number of hydrogen-bond donors (Lipinski definition) is 1. The van der Waals surface area contributed by atoms with Gasteiger partial charge in [-0.15, -0.1) is 11.3 Å². The molecular weight excluding hydrogens is 356 g/mol. The number of thiophene rings is 1. The molecule has 0 aliphatic carbocycles. The van der Waals surface area contributed by atoms with Gasteiger partial charge in [0.15, 0.2) is 5.11 Å². The van der Waals surface area contributed by atoms with E-state index in [0.29, 0.717) is 0 Å². The van der Waals surface area contributed by atoms with Gasteiger partial charge in [-0.2, -0.15) is 0 Å². The van der Waals surface area contributed by atoms with Crippen LogP contribution in [-0.2, 0) is 19.5 Å². The van der Waals surface area contributed by atoms with Gasteiger partial charge in [-0.05, 0) is 53.7 Å². The third kappa shape index (κ3) is 4.71. The zero-order valence-electron chi connectivity index (χ0n) is 15.2. The summed E-state index contributed by atoms with van der Waals surface area (Å²) in [5.74, 6) is 0. The maximum atomic E-state index is 5.82. The van der Waals surface area contributed by atoms with Gasteiger partial charge in [0.05, 0.1) is 6.54 Å². The Morgan fingerprint density at radius 3 is 2.50 bits per heavy atom. The lowest BCUT2D eigenvalue weighted by molar-refractivity contribution is 0.416. The van der Waals surface area contributed by atoms with E-state index in [0.717, 1.165) is 30.3 Å². The fourth-order valence-corrected chi connectivity index (χ4v) is 3.93. The van der Waals surface area contributed by atoms with Crippen LogP contribution in [0.25, 0.3) is 0 Å². The first-order valence-electron chi connectivity index (χ1n) is 8.88. The molecule has 0 spiro atoms. The predicted molar refractivity (Wildman–Crippen MR) is 117 cm³/mol. The SMILES string of the molecule is CCc1cccc(C)c1NC(=S)N(Cc1ccccc1)Cc1cccs1. The summed E-state index contributed by atoms with van der Waals surface area (Å²) in [5.41, 5.74) is 4.92. The average Bonchev–Trinajstić information content (AvgIpc) is 3.17. The van der Waals surface area contributed by atoms with Crippen molar-refractivity contribution in [1.29, 1.82) is 0 Å². The molecule has 26 heavy (non-hydrogen) atoms. The van der Waals surface area contributed by atoms with Gasteiger partial charge < -0.3 is 10.2 Å². The van der Waals surface area contributed by atoms with E-state index in [-0.39, 0.29) is 0 Å². The van der Waals surface area contributed by atoms with Gasteiger partial charge >= 0.3 is 0 Å². The van der Waals surface area contributed by atoms with Crippen LogP contribution in [0.3, 0.4) is 0 Å². The molecule has 2 nitrogen and oxygen atoms in total. The van der Waals surface area contributed by atoms with Crippen LogP contribution in [-0.4, -0.2) is 10.0 Å². The first-order chi connectivity index (χ1) is 12.7. The van der Waals surface area contributed by atoms with Crippen LogP contribution in [0.5, 0.6) is 0 Å². The van der Waals surface area contributed by atoms with E-state index in [1.807, 2.05) is 6.07 Å². The molecular formula is C22H24N2S2. The Kier molecular flexibility index (Phi) is 6.42. The van der Waals surface area contributed by atoms with Crippen LogP contribution in [0.1, 0.15) is 28.5 Å². The van der Waals surface area contributed by atoms with Gasteiger partial charge in [-0.1, -0.05) is 61.5 Å². The van der Waals surface area contributed by atoms with Crippen LogP contribution in [0.2, 0.25) is 0 Å².